The maximum Gasteiger partial charge on any atom is 0.237 e. The number of carbonyl (C=O) groups is 1. The molecule has 2 rings (SSSR count). The van der Waals surface area contributed by atoms with Crippen LogP contribution >= 0.6 is 0 Å². The predicted molar refractivity (Wildman–Crippen MR) is 81.8 cm³/mol. The van der Waals surface area contributed by atoms with E-state index < -0.39 is 0 Å². The Bertz CT molecular complexity index is 325. The number of nitrogens with zero attached hydrogens (tertiary/aromatic N) is 2. The van der Waals surface area contributed by atoms with Gasteiger partial charge in [0.05, 0.1) is 6.04 Å². The van der Waals surface area contributed by atoms with Gasteiger partial charge in [0, 0.05) is 44.3 Å². The van der Waals surface area contributed by atoms with E-state index in [-0.39, 0.29) is 17.5 Å². The van der Waals surface area contributed by atoms with Crippen LogP contribution in [0.15, 0.2) is 0 Å². The molecule has 0 bridgehead atoms. The zero-order chi connectivity index (χ0) is 14.8. The monoisotopic (exact) mass is 282 g/mol. The van der Waals surface area contributed by atoms with Crippen molar-refractivity contribution in [3.63, 3.8) is 0 Å². The standard InChI is InChI=1S/C15H30N4O/c1-12(14(20)17-15(2,3)4)18-7-9-19(10-8-18)13-5-6-16-11-13/h12-13,16H,5-11H2,1-4H3,(H,17,20). The molecule has 2 fully saturated rings. The normalized spacial score (nSPS) is 27.5. The molecule has 0 aliphatic carbocycles. The van der Waals surface area contributed by atoms with Gasteiger partial charge in [-0.15, -0.1) is 0 Å². The minimum atomic E-state index is -0.150. The average molecular weight is 282 g/mol. The Kier molecular flexibility index (Phi) is 5.04. The van der Waals surface area contributed by atoms with Crippen LogP contribution in [0.5, 0.6) is 0 Å². The summed E-state index contributed by atoms with van der Waals surface area (Å²) in [5.41, 5.74) is -0.150. The fourth-order valence-corrected chi connectivity index (χ4v) is 3.08. The summed E-state index contributed by atoms with van der Waals surface area (Å²) in [6, 6.07) is 0.675. The van der Waals surface area contributed by atoms with Crippen molar-refractivity contribution in [2.24, 2.45) is 0 Å². The van der Waals surface area contributed by atoms with Crippen molar-refractivity contribution in [2.45, 2.75) is 51.7 Å². The van der Waals surface area contributed by atoms with E-state index in [1.165, 1.54) is 6.42 Å². The Morgan fingerprint density at radius 2 is 1.90 bits per heavy atom. The van der Waals surface area contributed by atoms with E-state index in [4.69, 9.17) is 0 Å². The molecule has 2 N–H and O–H groups in total. The van der Waals surface area contributed by atoms with Crippen molar-refractivity contribution >= 4 is 5.91 Å². The molecule has 2 unspecified atom stereocenters. The molecule has 2 aliphatic rings. The van der Waals surface area contributed by atoms with E-state index >= 15 is 0 Å². The molecule has 2 heterocycles. The van der Waals surface area contributed by atoms with E-state index in [1.807, 2.05) is 27.7 Å². The van der Waals surface area contributed by atoms with Gasteiger partial charge in [0.25, 0.3) is 0 Å². The van der Waals surface area contributed by atoms with Gasteiger partial charge in [0.1, 0.15) is 0 Å². The van der Waals surface area contributed by atoms with Crippen molar-refractivity contribution in [3.05, 3.63) is 0 Å². The average Bonchev–Trinajstić information content (AvgIpc) is 2.90. The lowest BCUT2D eigenvalue weighted by molar-refractivity contribution is -0.128. The molecular formula is C15H30N4O. The summed E-state index contributed by atoms with van der Waals surface area (Å²) in [7, 11) is 0. The highest BCUT2D eigenvalue weighted by atomic mass is 16.2. The van der Waals surface area contributed by atoms with Crippen LogP contribution in [0.2, 0.25) is 0 Å². The highest BCUT2D eigenvalue weighted by Crippen LogP contribution is 2.14. The molecule has 0 aromatic carbocycles. The van der Waals surface area contributed by atoms with Crippen LogP contribution in [0.4, 0.5) is 0 Å². The first-order valence-electron chi connectivity index (χ1n) is 7.88. The van der Waals surface area contributed by atoms with E-state index in [0.29, 0.717) is 6.04 Å². The van der Waals surface area contributed by atoms with Crippen LogP contribution in [0, 0.1) is 0 Å². The maximum absolute atomic E-state index is 12.2. The van der Waals surface area contributed by atoms with Gasteiger partial charge in [0.15, 0.2) is 0 Å². The summed E-state index contributed by atoms with van der Waals surface area (Å²) < 4.78 is 0. The lowest BCUT2D eigenvalue weighted by Gasteiger charge is -2.40. The van der Waals surface area contributed by atoms with Crippen LogP contribution in [0.25, 0.3) is 0 Å². The first-order valence-corrected chi connectivity index (χ1v) is 7.88. The highest BCUT2D eigenvalue weighted by molar-refractivity contribution is 5.81. The molecule has 0 aromatic rings. The zero-order valence-electron chi connectivity index (χ0n) is 13.4. The molecule has 0 spiro atoms. The minimum absolute atomic E-state index is 0.0296. The van der Waals surface area contributed by atoms with Crippen molar-refractivity contribution in [3.8, 4) is 0 Å². The van der Waals surface area contributed by atoms with Gasteiger partial charge in [-0.3, -0.25) is 14.6 Å². The first-order chi connectivity index (χ1) is 9.37. The second-order valence-electron chi connectivity index (χ2n) is 7.13. The van der Waals surface area contributed by atoms with Crippen molar-refractivity contribution in [1.29, 1.82) is 0 Å². The fraction of sp³-hybridized carbons (Fsp3) is 0.933. The number of carbonyl (C=O) groups excluding carboxylic acids is 1. The van der Waals surface area contributed by atoms with E-state index in [2.05, 4.69) is 20.4 Å². The number of hydrogen-bond donors (Lipinski definition) is 2. The summed E-state index contributed by atoms with van der Waals surface area (Å²) in [5.74, 6) is 0.147. The van der Waals surface area contributed by atoms with Crippen molar-refractivity contribution in [1.82, 2.24) is 20.4 Å². The molecule has 2 saturated heterocycles. The number of hydrogen-bond acceptors (Lipinski definition) is 4. The number of rotatable bonds is 3. The third kappa shape index (κ3) is 4.17. The van der Waals surface area contributed by atoms with Crippen LogP contribution in [0.1, 0.15) is 34.1 Å². The first kappa shape index (κ1) is 15.7. The van der Waals surface area contributed by atoms with Crippen LogP contribution in [-0.4, -0.2) is 72.6 Å². The topological polar surface area (TPSA) is 47.6 Å². The Morgan fingerprint density at radius 1 is 1.25 bits per heavy atom. The predicted octanol–water partition coefficient (Wildman–Crippen LogP) is 0.269. The molecule has 116 valence electrons. The van der Waals surface area contributed by atoms with E-state index in [9.17, 15) is 4.79 Å². The largest absolute Gasteiger partial charge is 0.350 e. The molecule has 0 saturated carbocycles. The third-order valence-corrected chi connectivity index (χ3v) is 4.32. The summed E-state index contributed by atoms with van der Waals surface area (Å²) in [4.78, 5) is 17.1. The SMILES string of the molecule is CC(C(=O)NC(C)(C)C)N1CCN(C2CCNC2)CC1. The third-order valence-electron chi connectivity index (χ3n) is 4.32. The molecule has 2 atom stereocenters. The molecule has 5 nitrogen and oxygen atoms in total. The zero-order valence-corrected chi connectivity index (χ0v) is 13.4. The lowest BCUT2D eigenvalue weighted by atomic mass is 10.1. The van der Waals surface area contributed by atoms with E-state index in [1.54, 1.807) is 0 Å². The smallest absolute Gasteiger partial charge is 0.237 e. The number of piperazine rings is 1. The highest BCUT2D eigenvalue weighted by Gasteiger charge is 2.30. The molecule has 2 aliphatic heterocycles. The quantitative estimate of drug-likeness (QED) is 0.780. The summed E-state index contributed by atoms with van der Waals surface area (Å²) in [6.07, 6.45) is 1.26. The van der Waals surface area contributed by atoms with Gasteiger partial charge in [-0.05, 0) is 40.7 Å². The fourth-order valence-electron chi connectivity index (χ4n) is 3.08. The molecular weight excluding hydrogens is 252 g/mol. The Balaban J connectivity index is 1.79. The minimum Gasteiger partial charge on any atom is -0.350 e. The summed E-state index contributed by atoms with van der Waals surface area (Å²) in [5, 5.41) is 6.51. The van der Waals surface area contributed by atoms with Gasteiger partial charge >= 0.3 is 0 Å². The maximum atomic E-state index is 12.2. The van der Waals surface area contributed by atoms with Crippen molar-refractivity contribution in [2.75, 3.05) is 39.3 Å². The van der Waals surface area contributed by atoms with Crippen LogP contribution in [-0.2, 0) is 4.79 Å². The van der Waals surface area contributed by atoms with Crippen LogP contribution in [0.3, 0.4) is 0 Å². The van der Waals surface area contributed by atoms with E-state index in [0.717, 1.165) is 39.3 Å². The number of amides is 1. The van der Waals surface area contributed by atoms with Gasteiger partial charge in [-0.1, -0.05) is 0 Å². The van der Waals surface area contributed by atoms with Gasteiger partial charge < -0.3 is 10.6 Å². The summed E-state index contributed by atoms with van der Waals surface area (Å²) >= 11 is 0. The number of nitrogens with one attached hydrogen (secondary N) is 2. The molecule has 1 amide bonds. The summed E-state index contributed by atoms with van der Waals surface area (Å²) in [6.45, 7) is 14.5. The molecule has 0 radical (unpaired) electrons. The van der Waals surface area contributed by atoms with Gasteiger partial charge in [0.2, 0.25) is 5.91 Å². The Labute approximate surface area is 123 Å². The van der Waals surface area contributed by atoms with Gasteiger partial charge in [-0.2, -0.15) is 0 Å². The lowest BCUT2D eigenvalue weighted by Crippen LogP contribution is -2.57. The Morgan fingerprint density at radius 3 is 2.40 bits per heavy atom. The molecule has 0 aromatic heterocycles. The molecule has 5 heteroatoms. The second kappa shape index (κ2) is 6.41. The van der Waals surface area contributed by atoms with Crippen molar-refractivity contribution < 1.29 is 4.79 Å². The van der Waals surface area contributed by atoms with Gasteiger partial charge in [-0.25, -0.2) is 0 Å². The second-order valence-corrected chi connectivity index (χ2v) is 7.13. The van der Waals surface area contributed by atoms with Crippen LogP contribution < -0.4 is 10.6 Å². The molecule has 20 heavy (non-hydrogen) atoms. The Hall–Kier alpha value is -0.650.